The molecule has 0 aliphatic heterocycles. The lowest BCUT2D eigenvalue weighted by Crippen LogP contribution is -2.30. The van der Waals surface area contributed by atoms with Crippen LogP contribution in [-0.4, -0.2) is 40.8 Å². The van der Waals surface area contributed by atoms with Crippen LogP contribution in [0.4, 0.5) is 5.82 Å². The van der Waals surface area contributed by atoms with E-state index < -0.39 is 0 Å². The number of aliphatic hydroxyl groups is 1. The Labute approximate surface area is 125 Å². The smallest absolute Gasteiger partial charge is 0.173 e. The average molecular weight is 292 g/mol. The highest BCUT2D eigenvalue weighted by atomic mass is 16.4. The summed E-state index contributed by atoms with van der Waals surface area (Å²) in [6, 6.07) is 2.01. The van der Waals surface area contributed by atoms with Crippen LogP contribution in [0.2, 0.25) is 0 Å². The number of anilines is 1. The summed E-state index contributed by atoms with van der Waals surface area (Å²) in [5.74, 6) is 0.843. The van der Waals surface area contributed by atoms with Crippen molar-refractivity contribution in [3.63, 3.8) is 0 Å². The SMILES string of the molecule is CCN(CCCO)c1nc2c(cc1C(N)=NO)CCCC2. The van der Waals surface area contributed by atoms with Gasteiger partial charge in [0.15, 0.2) is 5.84 Å². The number of pyridine rings is 1. The number of aromatic nitrogens is 1. The molecule has 0 unspecified atom stereocenters. The summed E-state index contributed by atoms with van der Waals surface area (Å²) in [5.41, 5.74) is 8.83. The number of hydrogen-bond acceptors (Lipinski definition) is 5. The molecule has 0 bridgehead atoms. The molecule has 1 heterocycles. The van der Waals surface area contributed by atoms with Crippen LogP contribution < -0.4 is 10.6 Å². The van der Waals surface area contributed by atoms with Crippen molar-refractivity contribution in [3.05, 3.63) is 22.9 Å². The third-order valence-corrected chi connectivity index (χ3v) is 3.93. The van der Waals surface area contributed by atoms with Crippen molar-refractivity contribution in [2.24, 2.45) is 10.9 Å². The lowest BCUT2D eigenvalue weighted by Gasteiger charge is -2.26. The fraction of sp³-hybridized carbons (Fsp3) is 0.600. The van der Waals surface area contributed by atoms with E-state index in [0.29, 0.717) is 18.5 Å². The Morgan fingerprint density at radius 1 is 1.43 bits per heavy atom. The van der Waals surface area contributed by atoms with E-state index in [4.69, 9.17) is 21.0 Å². The summed E-state index contributed by atoms with van der Waals surface area (Å²) in [7, 11) is 0. The number of amidine groups is 1. The van der Waals surface area contributed by atoms with Crippen molar-refractivity contribution in [3.8, 4) is 0 Å². The number of oxime groups is 1. The van der Waals surface area contributed by atoms with E-state index in [-0.39, 0.29) is 12.4 Å². The van der Waals surface area contributed by atoms with Gasteiger partial charge < -0.3 is 20.9 Å². The molecule has 2 rings (SSSR count). The molecule has 21 heavy (non-hydrogen) atoms. The second-order valence-electron chi connectivity index (χ2n) is 5.31. The van der Waals surface area contributed by atoms with Crippen molar-refractivity contribution in [2.75, 3.05) is 24.6 Å². The Morgan fingerprint density at radius 2 is 2.19 bits per heavy atom. The van der Waals surface area contributed by atoms with Crippen LogP contribution in [0.3, 0.4) is 0 Å². The summed E-state index contributed by atoms with van der Waals surface area (Å²) in [4.78, 5) is 6.85. The fourth-order valence-electron chi connectivity index (χ4n) is 2.78. The number of aliphatic hydroxyl groups excluding tert-OH is 1. The zero-order chi connectivity index (χ0) is 15.2. The lowest BCUT2D eigenvalue weighted by atomic mass is 9.94. The summed E-state index contributed by atoms with van der Waals surface area (Å²) in [6.07, 6.45) is 4.96. The lowest BCUT2D eigenvalue weighted by molar-refractivity contribution is 0.289. The normalized spacial score (nSPS) is 14.9. The molecule has 0 aromatic carbocycles. The molecule has 6 nitrogen and oxygen atoms in total. The molecule has 0 atom stereocenters. The average Bonchev–Trinajstić information content (AvgIpc) is 2.54. The molecule has 1 aromatic heterocycles. The van der Waals surface area contributed by atoms with E-state index in [1.165, 1.54) is 5.56 Å². The van der Waals surface area contributed by atoms with Crippen LogP contribution >= 0.6 is 0 Å². The van der Waals surface area contributed by atoms with E-state index in [9.17, 15) is 0 Å². The molecule has 0 saturated carbocycles. The molecular weight excluding hydrogens is 268 g/mol. The van der Waals surface area contributed by atoms with E-state index in [0.717, 1.165) is 43.7 Å². The molecule has 6 heteroatoms. The van der Waals surface area contributed by atoms with E-state index in [2.05, 4.69) is 10.1 Å². The van der Waals surface area contributed by atoms with Crippen molar-refractivity contribution in [2.45, 2.75) is 39.0 Å². The van der Waals surface area contributed by atoms with Crippen molar-refractivity contribution < 1.29 is 10.3 Å². The minimum Gasteiger partial charge on any atom is -0.409 e. The first-order chi connectivity index (χ1) is 10.2. The molecular formula is C15H24N4O2. The van der Waals surface area contributed by atoms with E-state index in [1.54, 1.807) is 0 Å². The largest absolute Gasteiger partial charge is 0.409 e. The van der Waals surface area contributed by atoms with Gasteiger partial charge in [0.2, 0.25) is 0 Å². The Kier molecular flexibility index (Phi) is 5.38. The highest BCUT2D eigenvalue weighted by Crippen LogP contribution is 2.27. The van der Waals surface area contributed by atoms with E-state index in [1.807, 2.05) is 13.0 Å². The third-order valence-electron chi connectivity index (χ3n) is 3.93. The quantitative estimate of drug-likeness (QED) is 0.317. The predicted octanol–water partition coefficient (Wildman–Crippen LogP) is 1.26. The number of fused-ring (bicyclic) bond motifs is 1. The Bertz CT molecular complexity index is 517. The molecule has 0 fully saturated rings. The highest BCUT2D eigenvalue weighted by molar-refractivity contribution is 6.01. The van der Waals surface area contributed by atoms with Gasteiger partial charge in [0.25, 0.3) is 0 Å². The molecule has 0 spiro atoms. The van der Waals surface area contributed by atoms with Gasteiger partial charge in [0.05, 0.1) is 5.56 Å². The van der Waals surface area contributed by atoms with E-state index >= 15 is 0 Å². The maximum atomic E-state index is 9.04. The van der Waals surface area contributed by atoms with Gasteiger partial charge in [0, 0.05) is 25.4 Å². The zero-order valence-corrected chi connectivity index (χ0v) is 12.5. The fourth-order valence-corrected chi connectivity index (χ4v) is 2.78. The van der Waals surface area contributed by atoms with Crippen LogP contribution in [0.25, 0.3) is 0 Å². The Morgan fingerprint density at radius 3 is 2.86 bits per heavy atom. The van der Waals surface area contributed by atoms with Crippen LogP contribution in [0.15, 0.2) is 11.2 Å². The summed E-state index contributed by atoms with van der Waals surface area (Å²) >= 11 is 0. The van der Waals surface area contributed by atoms with Gasteiger partial charge in [0.1, 0.15) is 5.82 Å². The maximum absolute atomic E-state index is 9.04. The molecule has 4 N–H and O–H groups in total. The standard InChI is InChI=1S/C15H24N4O2/c1-2-19(8-5-9-20)15-12(14(16)18-21)10-11-6-3-4-7-13(11)17-15/h10,20-21H,2-9H2,1H3,(H2,16,18). The van der Waals surface area contributed by atoms with Gasteiger partial charge in [-0.05, 0) is 50.7 Å². The number of nitrogens with zero attached hydrogens (tertiary/aromatic N) is 3. The second kappa shape index (κ2) is 7.26. The first-order valence-corrected chi connectivity index (χ1v) is 7.57. The summed E-state index contributed by atoms with van der Waals surface area (Å²) < 4.78 is 0. The van der Waals surface area contributed by atoms with Crippen LogP contribution in [-0.2, 0) is 12.8 Å². The second-order valence-corrected chi connectivity index (χ2v) is 5.31. The van der Waals surface area contributed by atoms with Gasteiger partial charge in [-0.3, -0.25) is 0 Å². The zero-order valence-electron chi connectivity index (χ0n) is 12.5. The van der Waals surface area contributed by atoms with Gasteiger partial charge in [-0.1, -0.05) is 5.16 Å². The van der Waals surface area contributed by atoms with Crippen molar-refractivity contribution in [1.29, 1.82) is 0 Å². The van der Waals surface area contributed by atoms with Gasteiger partial charge in [-0.25, -0.2) is 4.98 Å². The predicted molar refractivity (Wildman–Crippen MR) is 83.0 cm³/mol. The van der Waals surface area contributed by atoms with Crippen LogP contribution in [0.5, 0.6) is 0 Å². The minimum atomic E-state index is 0.0910. The number of hydrogen-bond donors (Lipinski definition) is 3. The first kappa shape index (κ1) is 15.6. The Balaban J connectivity index is 2.45. The molecule has 0 saturated heterocycles. The molecule has 1 aliphatic carbocycles. The first-order valence-electron chi connectivity index (χ1n) is 7.57. The highest BCUT2D eigenvalue weighted by Gasteiger charge is 2.20. The van der Waals surface area contributed by atoms with Crippen molar-refractivity contribution >= 4 is 11.7 Å². The monoisotopic (exact) mass is 292 g/mol. The summed E-state index contributed by atoms with van der Waals surface area (Å²) in [6.45, 7) is 3.64. The number of nitrogens with two attached hydrogens (primary N) is 1. The Hall–Kier alpha value is -1.82. The molecule has 1 aromatic rings. The van der Waals surface area contributed by atoms with Crippen molar-refractivity contribution in [1.82, 2.24) is 4.98 Å². The topological polar surface area (TPSA) is 95.0 Å². The minimum absolute atomic E-state index is 0.0910. The maximum Gasteiger partial charge on any atom is 0.173 e. The van der Waals surface area contributed by atoms with Crippen LogP contribution in [0, 0.1) is 0 Å². The summed E-state index contributed by atoms with van der Waals surface area (Å²) in [5, 5.41) is 21.2. The van der Waals surface area contributed by atoms with Crippen LogP contribution in [0.1, 0.15) is 43.0 Å². The van der Waals surface area contributed by atoms with Gasteiger partial charge in [-0.15, -0.1) is 0 Å². The third kappa shape index (κ3) is 3.44. The van der Waals surface area contributed by atoms with Gasteiger partial charge >= 0.3 is 0 Å². The molecule has 0 amide bonds. The number of aryl methyl sites for hydroxylation is 2. The van der Waals surface area contributed by atoms with Gasteiger partial charge in [-0.2, -0.15) is 0 Å². The number of rotatable bonds is 6. The molecule has 1 aliphatic rings. The molecule has 116 valence electrons. The molecule has 0 radical (unpaired) electrons.